The van der Waals surface area contributed by atoms with Crippen molar-refractivity contribution in [1.82, 2.24) is 0 Å². The van der Waals surface area contributed by atoms with Gasteiger partial charge in [-0.2, -0.15) is 18.4 Å². The highest BCUT2D eigenvalue weighted by Crippen LogP contribution is 2.49. The number of methoxy groups -OCH3 is 1. The highest BCUT2D eigenvalue weighted by molar-refractivity contribution is 7.12. The number of nitrogens with two attached hydrogens (primary N) is 1. The molecule has 0 amide bonds. The average Bonchev–Trinajstić information content (AvgIpc) is 2.94. The number of hydrogen-bond acceptors (Lipinski definition) is 6. The number of thiophene rings is 1. The Kier molecular flexibility index (Phi) is 4.61. The van der Waals surface area contributed by atoms with E-state index in [0.29, 0.717) is 15.3 Å². The maximum Gasteiger partial charge on any atom is 0.416 e. The van der Waals surface area contributed by atoms with Gasteiger partial charge in [-0.15, -0.1) is 11.3 Å². The van der Waals surface area contributed by atoms with Crippen molar-refractivity contribution >= 4 is 17.3 Å². The Morgan fingerprint density at radius 1 is 1.33 bits per heavy atom. The second-order valence-corrected chi connectivity index (χ2v) is 7.02. The molecular weight excluding hydrogens is 381 g/mol. The van der Waals surface area contributed by atoms with Crippen LogP contribution in [0.2, 0.25) is 0 Å². The minimum atomic E-state index is -4.47. The zero-order valence-corrected chi connectivity index (χ0v) is 15.0. The van der Waals surface area contributed by atoms with Crippen molar-refractivity contribution in [3.05, 3.63) is 62.2 Å². The molecule has 0 bridgehead atoms. The highest BCUT2D eigenvalue weighted by atomic mass is 32.1. The molecule has 0 radical (unpaired) electrons. The van der Waals surface area contributed by atoms with Crippen LogP contribution in [0.1, 0.15) is 37.2 Å². The zero-order valence-electron chi connectivity index (χ0n) is 14.2. The predicted octanol–water partition coefficient (Wildman–Crippen LogP) is 4.08. The Hall–Kier alpha value is -2.99. The van der Waals surface area contributed by atoms with E-state index in [1.54, 1.807) is 6.92 Å². The fourth-order valence-corrected chi connectivity index (χ4v) is 4.13. The number of benzene rings is 1. The van der Waals surface area contributed by atoms with Gasteiger partial charge in [-0.05, 0) is 24.6 Å². The molecule has 1 atom stereocenters. The third-order valence-electron chi connectivity index (χ3n) is 4.18. The van der Waals surface area contributed by atoms with Gasteiger partial charge < -0.3 is 15.2 Å². The summed E-state index contributed by atoms with van der Waals surface area (Å²) in [7, 11) is 1.22. The van der Waals surface area contributed by atoms with Crippen molar-refractivity contribution in [2.45, 2.75) is 19.0 Å². The first-order valence-electron chi connectivity index (χ1n) is 7.65. The third kappa shape index (κ3) is 3.13. The standard InChI is InChI=1S/C18H13F3N2O3S/c1-8-12(17(24)25-2)14-15(27-8)13(11(7-22)16(23)26-14)9-3-5-10(6-4-9)18(19,20)21/h3-6,13H,23H2,1-2H3/t13-/m0/s1. The number of halogens is 3. The molecule has 1 aromatic carbocycles. The highest BCUT2D eigenvalue weighted by Gasteiger charge is 2.37. The molecule has 5 nitrogen and oxygen atoms in total. The van der Waals surface area contributed by atoms with Crippen LogP contribution in [-0.2, 0) is 10.9 Å². The van der Waals surface area contributed by atoms with E-state index in [1.807, 2.05) is 6.07 Å². The van der Waals surface area contributed by atoms with Crippen molar-refractivity contribution in [3.63, 3.8) is 0 Å². The smallest absolute Gasteiger partial charge is 0.416 e. The number of ether oxygens (including phenoxy) is 2. The number of esters is 1. The first kappa shape index (κ1) is 18.8. The molecule has 0 saturated carbocycles. The Bertz CT molecular complexity index is 985. The van der Waals surface area contributed by atoms with Gasteiger partial charge in [0.2, 0.25) is 5.88 Å². The second kappa shape index (κ2) is 6.63. The van der Waals surface area contributed by atoms with Crippen LogP contribution < -0.4 is 10.5 Å². The number of fused-ring (bicyclic) bond motifs is 1. The lowest BCUT2D eigenvalue weighted by Crippen LogP contribution is -2.21. The second-order valence-electron chi connectivity index (χ2n) is 5.76. The van der Waals surface area contributed by atoms with E-state index < -0.39 is 23.6 Å². The van der Waals surface area contributed by atoms with Gasteiger partial charge in [0, 0.05) is 4.88 Å². The fraction of sp³-hybridized carbons (Fsp3) is 0.222. The molecule has 1 aliphatic rings. The SMILES string of the molecule is COC(=O)c1c(C)sc2c1OC(N)=C(C#N)[C@@H]2c1ccc(C(F)(F)F)cc1. The van der Waals surface area contributed by atoms with Gasteiger partial charge >= 0.3 is 12.1 Å². The lowest BCUT2D eigenvalue weighted by molar-refractivity contribution is -0.137. The maximum atomic E-state index is 12.8. The van der Waals surface area contributed by atoms with Crippen molar-refractivity contribution in [2.24, 2.45) is 5.73 Å². The molecule has 2 heterocycles. The first-order valence-corrected chi connectivity index (χ1v) is 8.47. The molecule has 140 valence electrons. The van der Waals surface area contributed by atoms with E-state index in [0.717, 1.165) is 12.1 Å². The molecule has 2 aromatic rings. The van der Waals surface area contributed by atoms with Crippen molar-refractivity contribution in [2.75, 3.05) is 7.11 Å². The Balaban J connectivity index is 2.18. The zero-order chi connectivity index (χ0) is 19.9. The molecule has 0 fully saturated rings. The summed E-state index contributed by atoms with van der Waals surface area (Å²) in [6, 6.07) is 6.42. The number of allylic oxidation sites excluding steroid dienone is 1. The van der Waals surface area contributed by atoms with E-state index >= 15 is 0 Å². The number of nitrogens with zero attached hydrogens (tertiary/aromatic N) is 1. The van der Waals surface area contributed by atoms with Gasteiger partial charge in [0.25, 0.3) is 0 Å². The quantitative estimate of drug-likeness (QED) is 0.776. The number of carbonyl (C=O) groups is 1. The normalized spacial score (nSPS) is 16.4. The van der Waals surface area contributed by atoms with E-state index in [-0.39, 0.29) is 22.8 Å². The monoisotopic (exact) mass is 394 g/mol. The summed E-state index contributed by atoms with van der Waals surface area (Å²) in [6.45, 7) is 1.69. The number of rotatable bonds is 2. The molecule has 1 aliphatic heterocycles. The van der Waals surface area contributed by atoms with Gasteiger partial charge in [-0.1, -0.05) is 12.1 Å². The van der Waals surface area contributed by atoms with Crippen LogP contribution >= 0.6 is 11.3 Å². The molecule has 27 heavy (non-hydrogen) atoms. The van der Waals surface area contributed by atoms with E-state index in [9.17, 15) is 23.2 Å². The number of carbonyl (C=O) groups excluding carboxylic acids is 1. The molecule has 0 saturated heterocycles. The van der Waals surface area contributed by atoms with E-state index in [1.165, 1.54) is 30.6 Å². The summed E-state index contributed by atoms with van der Waals surface area (Å²) in [6.07, 6.45) is -4.47. The summed E-state index contributed by atoms with van der Waals surface area (Å²) in [5, 5.41) is 9.50. The molecule has 2 N–H and O–H groups in total. The number of alkyl halides is 3. The summed E-state index contributed by atoms with van der Waals surface area (Å²) < 4.78 is 48.8. The van der Waals surface area contributed by atoms with Gasteiger partial charge in [-0.3, -0.25) is 0 Å². The van der Waals surface area contributed by atoms with Crippen LogP contribution in [0, 0.1) is 18.3 Å². The van der Waals surface area contributed by atoms with Crippen LogP contribution in [0.4, 0.5) is 13.2 Å². The molecule has 1 aromatic heterocycles. The fourth-order valence-electron chi connectivity index (χ4n) is 2.92. The van der Waals surface area contributed by atoms with E-state index in [2.05, 4.69) is 0 Å². The molecule has 0 unspecified atom stereocenters. The lowest BCUT2D eigenvalue weighted by Gasteiger charge is -2.24. The molecule has 9 heteroatoms. The Morgan fingerprint density at radius 3 is 2.48 bits per heavy atom. The minimum Gasteiger partial charge on any atom is -0.465 e. The number of aryl methyl sites for hydroxylation is 1. The number of hydrogen-bond donors (Lipinski definition) is 1. The summed E-state index contributed by atoms with van der Waals surface area (Å²) >= 11 is 1.21. The molecule has 0 spiro atoms. The van der Waals surface area contributed by atoms with E-state index in [4.69, 9.17) is 15.2 Å². The van der Waals surface area contributed by atoms with Crippen LogP contribution in [0.3, 0.4) is 0 Å². The maximum absolute atomic E-state index is 12.8. The van der Waals surface area contributed by atoms with Crippen LogP contribution in [0.5, 0.6) is 5.75 Å². The van der Waals surface area contributed by atoms with Gasteiger partial charge in [-0.25, -0.2) is 4.79 Å². The Morgan fingerprint density at radius 2 is 1.96 bits per heavy atom. The first-order chi connectivity index (χ1) is 12.7. The summed E-state index contributed by atoms with van der Waals surface area (Å²) in [5.74, 6) is -1.38. The Labute approximate surface area is 156 Å². The van der Waals surface area contributed by atoms with Gasteiger partial charge in [0.05, 0.1) is 23.5 Å². The van der Waals surface area contributed by atoms with Crippen molar-refractivity contribution in [1.29, 1.82) is 5.26 Å². The molecule has 0 aliphatic carbocycles. The van der Waals surface area contributed by atoms with Gasteiger partial charge in [0.15, 0.2) is 5.75 Å². The van der Waals surface area contributed by atoms with Crippen LogP contribution in [-0.4, -0.2) is 13.1 Å². The van der Waals surface area contributed by atoms with Crippen LogP contribution in [0.15, 0.2) is 35.7 Å². The molecule has 3 rings (SSSR count). The van der Waals surface area contributed by atoms with Gasteiger partial charge in [0.1, 0.15) is 17.2 Å². The third-order valence-corrected chi connectivity index (χ3v) is 5.33. The molecular formula is C18H13F3N2O3S. The van der Waals surface area contributed by atoms with Crippen molar-refractivity contribution < 1.29 is 27.4 Å². The number of nitriles is 1. The lowest BCUT2D eigenvalue weighted by atomic mass is 9.87. The summed E-state index contributed by atoms with van der Waals surface area (Å²) in [5.41, 5.74) is 5.75. The van der Waals surface area contributed by atoms with Crippen molar-refractivity contribution in [3.8, 4) is 11.8 Å². The summed E-state index contributed by atoms with van der Waals surface area (Å²) in [4.78, 5) is 13.2. The average molecular weight is 394 g/mol. The topological polar surface area (TPSA) is 85.3 Å². The predicted molar refractivity (Wildman–Crippen MR) is 91.1 cm³/mol. The van der Waals surface area contributed by atoms with Crippen LogP contribution in [0.25, 0.3) is 0 Å². The minimum absolute atomic E-state index is 0.0694. The largest absolute Gasteiger partial charge is 0.465 e.